The first-order valence-corrected chi connectivity index (χ1v) is 10.1. The van der Waals surface area contributed by atoms with Crippen LogP contribution in [0.25, 0.3) is 6.08 Å². The minimum Gasteiger partial charge on any atom is -0.481 e. The van der Waals surface area contributed by atoms with Crippen molar-refractivity contribution >= 4 is 12.0 Å². The predicted octanol–water partition coefficient (Wildman–Crippen LogP) is 3.83. The molecule has 2 atom stereocenters. The van der Waals surface area contributed by atoms with E-state index in [-0.39, 0.29) is 6.42 Å². The van der Waals surface area contributed by atoms with Gasteiger partial charge in [0.2, 0.25) is 0 Å². The molecule has 3 N–H and O–H groups in total. The molecule has 4 heteroatoms. The number of carboxylic acid groups (broad SMARTS) is 1. The van der Waals surface area contributed by atoms with E-state index in [1.165, 1.54) is 24.8 Å². The summed E-state index contributed by atoms with van der Waals surface area (Å²) in [6.07, 6.45) is 9.66. The summed E-state index contributed by atoms with van der Waals surface area (Å²) in [5.41, 5.74) is 2.88. The van der Waals surface area contributed by atoms with Crippen molar-refractivity contribution in [2.75, 3.05) is 6.54 Å². The van der Waals surface area contributed by atoms with Crippen LogP contribution in [0.1, 0.15) is 57.4 Å². The minimum atomic E-state index is -0.720. The van der Waals surface area contributed by atoms with Gasteiger partial charge in [0, 0.05) is 24.7 Å². The summed E-state index contributed by atoms with van der Waals surface area (Å²) in [5.74, 6) is -0.0189. The molecule has 0 bridgehead atoms. The Morgan fingerprint density at radius 2 is 1.85 bits per heavy atom. The van der Waals surface area contributed by atoms with E-state index in [0.717, 1.165) is 19.3 Å². The molecule has 0 spiro atoms. The Hall–Kier alpha value is -1.65. The molecule has 0 heterocycles. The van der Waals surface area contributed by atoms with Gasteiger partial charge in [-0.25, -0.2) is 0 Å². The van der Waals surface area contributed by atoms with E-state index in [1.54, 1.807) is 5.57 Å². The van der Waals surface area contributed by atoms with Crippen LogP contribution < -0.4 is 10.6 Å². The topological polar surface area (TPSA) is 61.4 Å². The summed E-state index contributed by atoms with van der Waals surface area (Å²) in [6.45, 7) is 2.85. The number of rotatable bonds is 9. The standard InChI is InChI=1S/C22H32N2O2/c1-2-17(14-16-6-4-3-5-7-16)20-15-21(20)24-19-10-8-18(9-11-19)23-13-12-22(25)26/h3-7,14,18-21,23-24H,2,8-13,15H2,1H3,(H,25,26)/t18?,19?,20-,21+/m0/s1. The fourth-order valence-corrected chi connectivity index (χ4v) is 4.17. The second-order valence-electron chi connectivity index (χ2n) is 7.75. The quantitative estimate of drug-likeness (QED) is 0.629. The zero-order valence-corrected chi connectivity index (χ0v) is 15.8. The van der Waals surface area contributed by atoms with Crippen LogP contribution in [0.5, 0.6) is 0 Å². The van der Waals surface area contributed by atoms with Crippen LogP contribution >= 0.6 is 0 Å². The van der Waals surface area contributed by atoms with Crippen molar-refractivity contribution in [3.8, 4) is 0 Å². The molecule has 1 aromatic rings. The van der Waals surface area contributed by atoms with Gasteiger partial charge < -0.3 is 15.7 Å². The molecule has 0 unspecified atom stereocenters. The van der Waals surface area contributed by atoms with Gasteiger partial charge in [0.25, 0.3) is 0 Å². The number of hydrogen-bond acceptors (Lipinski definition) is 3. The van der Waals surface area contributed by atoms with E-state index >= 15 is 0 Å². The first kappa shape index (κ1) is 19.1. The van der Waals surface area contributed by atoms with E-state index < -0.39 is 5.97 Å². The number of hydrogen-bond donors (Lipinski definition) is 3. The molecule has 0 aromatic heterocycles. The predicted molar refractivity (Wildman–Crippen MR) is 106 cm³/mol. The third-order valence-electron chi connectivity index (χ3n) is 5.78. The van der Waals surface area contributed by atoms with Gasteiger partial charge in [-0.3, -0.25) is 4.79 Å². The molecule has 0 aliphatic heterocycles. The molecule has 2 aliphatic rings. The summed E-state index contributed by atoms with van der Waals surface area (Å²) < 4.78 is 0. The zero-order chi connectivity index (χ0) is 18.4. The van der Waals surface area contributed by atoms with Gasteiger partial charge in [0.15, 0.2) is 0 Å². The van der Waals surface area contributed by atoms with E-state index in [9.17, 15) is 4.79 Å². The van der Waals surface area contributed by atoms with Gasteiger partial charge in [-0.15, -0.1) is 0 Å². The van der Waals surface area contributed by atoms with Crippen LogP contribution in [0.4, 0.5) is 0 Å². The molecule has 2 fully saturated rings. The van der Waals surface area contributed by atoms with Crippen LogP contribution in [-0.4, -0.2) is 35.7 Å². The lowest BCUT2D eigenvalue weighted by Gasteiger charge is -2.30. The second-order valence-corrected chi connectivity index (χ2v) is 7.75. The normalized spacial score (nSPS) is 28.7. The molecule has 2 aliphatic carbocycles. The molecule has 1 aromatic carbocycles. The van der Waals surface area contributed by atoms with Gasteiger partial charge in [-0.05, 0) is 50.0 Å². The van der Waals surface area contributed by atoms with E-state index in [1.807, 2.05) is 0 Å². The molecule has 4 nitrogen and oxygen atoms in total. The highest BCUT2D eigenvalue weighted by Crippen LogP contribution is 2.40. The highest BCUT2D eigenvalue weighted by Gasteiger charge is 2.40. The molecule has 2 saturated carbocycles. The first-order valence-electron chi connectivity index (χ1n) is 10.1. The molecular weight excluding hydrogens is 324 g/mol. The minimum absolute atomic E-state index is 0.218. The summed E-state index contributed by atoms with van der Waals surface area (Å²) >= 11 is 0. The Balaban J connectivity index is 1.40. The van der Waals surface area contributed by atoms with Crippen LogP contribution in [0.2, 0.25) is 0 Å². The number of benzene rings is 1. The van der Waals surface area contributed by atoms with Crippen LogP contribution in [0.3, 0.4) is 0 Å². The van der Waals surface area contributed by atoms with E-state index in [2.05, 4.69) is 54.0 Å². The Bertz CT molecular complexity index is 606. The van der Waals surface area contributed by atoms with Gasteiger partial charge in [0.05, 0.1) is 6.42 Å². The average Bonchev–Trinajstić information content (AvgIpc) is 3.40. The lowest BCUT2D eigenvalue weighted by atomic mass is 9.91. The smallest absolute Gasteiger partial charge is 0.304 e. The Labute approximate surface area is 157 Å². The van der Waals surface area contributed by atoms with Gasteiger partial charge in [0.1, 0.15) is 0 Å². The highest BCUT2D eigenvalue weighted by molar-refractivity contribution is 5.66. The maximum atomic E-state index is 10.6. The molecule has 142 valence electrons. The third-order valence-corrected chi connectivity index (χ3v) is 5.78. The van der Waals surface area contributed by atoms with E-state index in [0.29, 0.717) is 30.6 Å². The van der Waals surface area contributed by atoms with E-state index in [4.69, 9.17) is 5.11 Å². The lowest BCUT2D eigenvalue weighted by molar-refractivity contribution is -0.136. The van der Waals surface area contributed by atoms with Crippen LogP contribution in [0, 0.1) is 5.92 Å². The van der Waals surface area contributed by atoms with Crippen molar-refractivity contribution in [1.29, 1.82) is 0 Å². The molecule has 0 saturated heterocycles. The lowest BCUT2D eigenvalue weighted by Crippen LogP contribution is -2.41. The fourth-order valence-electron chi connectivity index (χ4n) is 4.17. The number of nitrogens with one attached hydrogen (secondary N) is 2. The van der Waals surface area contributed by atoms with Gasteiger partial charge in [-0.2, -0.15) is 0 Å². The zero-order valence-electron chi connectivity index (χ0n) is 15.8. The van der Waals surface area contributed by atoms with Crippen LogP contribution in [-0.2, 0) is 4.79 Å². The summed E-state index contributed by atoms with van der Waals surface area (Å²) in [5, 5.41) is 16.0. The Kier molecular flexibility index (Phi) is 6.86. The summed E-state index contributed by atoms with van der Waals surface area (Å²) in [7, 11) is 0. The Morgan fingerprint density at radius 3 is 2.50 bits per heavy atom. The van der Waals surface area contributed by atoms with Gasteiger partial charge in [-0.1, -0.05) is 48.9 Å². The maximum absolute atomic E-state index is 10.6. The van der Waals surface area contributed by atoms with Crippen molar-refractivity contribution in [3.05, 3.63) is 41.5 Å². The molecule has 0 radical (unpaired) electrons. The Morgan fingerprint density at radius 1 is 1.15 bits per heavy atom. The molecule has 0 amide bonds. The van der Waals surface area contributed by atoms with Crippen molar-refractivity contribution in [1.82, 2.24) is 10.6 Å². The number of aliphatic carboxylic acids is 1. The molecular formula is C22H32N2O2. The highest BCUT2D eigenvalue weighted by atomic mass is 16.4. The van der Waals surface area contributed by atoms with Crippen molar-refractivity contribution < 1.29 is 9.90 Å². The number of carboxylic acids is 1. The van der Waals surface area contributed by atoms with Crippen LogP contribution in [0.15, 0.2) is 35.9 Å². The second kappa shape index (κ2) is 9.33. The number of carbonyl (C=O) groups is 1. The van der Waals surface area contributed by atoms with Crippen molar-refractivity contribution in [2.24, 2.45) is 5.92 Å². The maximum Gasteiger partial charge on any atom is 0.304 e. The average molecular weight is 357 g/mol. The van der Waals surface area contributed by atoms with Crippen molar-refractivity contribution in [3.63, 3.8) is 0 Å². The largest absolute Gasteiger partial charge is 0.481 e. The molecule has 3 rings (SSSR count). The first-order chi connectivity index (χ1) is 12.7. The molecule has 26 heavy (non-hydrogen) atoms. The van der Waals surface area contributed by atoms with Crippen molar-refractivity contribution in [2.45, 2.75) is 70.0 Å². The summed E-state index contributed by atoms with van der Waals surface area (Å²) in [6, 6.07) is 12.4. The van der Waals surface area contributed by atoms with Gasteiger partial charge >= 0.3 is 5.97 Å². The fraction of sp³-hybridized carbons (Fsp3) is 0.591. The summed E-state index contributed by atoms with van der Waals surface area (Å²) in [4.78, 5) is 10.6. The third kappa shape index (κ3) is 5.68. The SMILES string of the molecule is CCC(=Cc1ccccc1)[C@@H]1C[C@H]1NC1CCC(NCCC(=O)O)CC1. The monoisotopic (exact) mass is 356 g/mol.